The molecule has 1 unspecified atom stereocenters. The van der Waals surface area contributed by atoms with Crippen LogP contribution in [0.3, 0.4) is 0 Å². The Bertz CT molecular complexity index is 130. The van der Waals surface area contributed by atoms with E-state index in [-0.39, 0.29) is 0 Å². The minimum Gasteiger partial charge on any atom is -0.375 e. The molecule has 0 aromatic carbocycles. The van der Waals surface area contributed by atoms with Crippen LogP contribution < -0.4 is 0 Å². The molecule has 0 aliphatic carbocycles. The molecule has 64 valence electrons. The molecule has 0 radical (unpaired) electrons. The number of fused-ring (bicyclic) bond motifs is 2. The van der Waals surface area contributed by atoms with E-state index in [1.54, 1.807) is 0 Å². The standard InChI is InChI=1S/C10H18O/c1-7(2)8-5-9-3-4-10(6-8)11-9/h7-10H,3-6H2,1-2H3/t8?,9-,10+. The van der Waals surface area contributed by atoms with Crippen LogP contribution >= 0.6 is 0 Å². The first-order chi connectivity index (χ1) is 5.25. The lowest BCUT2D eigenvalue weighted by atomic mass is 9.86. The zero-order valence-corrected chi connectivity index (χ0v) is 7.55. The Morgan fingerprint density at radius 1 is 1.09 bits per heavy atom. The first kappa shape index (κ1) is 7.60. The molecule has 2 bridgehead atoms. The maximum absolute atomic E-state index is 5.78. The van der Waals surface area contributed by atoms with Gasteiger partial charge in [0.05, 0.1) is 12.2 Å². The van der Waals surface area contributed by atoms with Crippen molar-refractivity contribution in [3.63, 3.8) is 0 Å². The summed E-state index contributed by atoms with van der Waals surface area (Å²) >= 11 is 0. The monoisotopic (exact) mass is 154 g/mol. The molecule has 0 N–H and O–H groups in total. The van der Waals surface area contributed by atoms with Gasteiger partial charge in [0.25, 0.3) is 0 Å². The van der Waals surface area contributed by atoms with Crippen LogP contribution in [0.1, 0.15) is 39.5 Å². The van der Waals surface area contributed by atoms with Crippen molar-refractivity contribution in [3.05, 3.63) is 0 Å². The average Bonchev–Trinajstić information content (AvgIpc) is 2.30. The molecule has 3 atom stereocenters. The highest BCUT2D eigenvalue weighted by molar-refractivity contribution is 4.85. The number of ether oxygens (including phenoxy) is 1. The van der Waals surface area contributed by atoms with Crippen molar-refractivity contribution in [2.75, 3.05) is 0 Å². The van der Waals surface area contributed by atoms with Crippen LogP contribution in [-0.4, -0.2) is 12.2 Å². The topological polar surface area (TPSA) is 9.23 Å². The minimum atomic E-state index is 0.626. The third-order valence-electron chi connectivity index (χ3n) is 3.27. The highest BCUT2D eigenvalue weighted by Crippen LogP contribution is 2.38. The van der Waals surface area contributed by atoms with Gasteiger partial charge in [0.1, 0.15) is 0 Å². The second-order valence-electron chi connectivity index (χ2n) is 4.43. The summed E-state index contributed by atoms with van der Waals surface area (Å²) in [6, 6.07) is 0. The van der Waals surface area contributed by atoms with Crippen LogP contribution in [0, 0.1) is 11.8 Å². The third kappa shape index (κ3) is 1.44. The second-order valence-corrected chi connectivity index (χ2v) is 4.43. The van der Waals surface area contributed by atoms with Gasteiger partial charge in [-0.05, 0) is 37.5 Å². The van der Waals surface area contributed by atoms with Crippen molar-refractivity contribution in [3.8, 4) is 0 Å². The van der Waals surface area contributed by atoms with Crippen molar-refractivity contribution in [2.24, 2.45) is 11.8 Å². The summed E-state index contributed by atoms with van der Waals surface area (Å²) in [7, 11) is 0. The molecule has 2 saturated heterocycles. The summed E-state index contributed by atoms with van der Waals surface area (Å²) in [5.41, 5.74) is 0. The van der Waals surface area contributed by atoms with Gasteiger partial charge < -0.3 is 4.74 Å². The van der Waals surface area contributed by atoms with E-state index < -0.39 is 0 Å². The van der Waals surface area contributed by atoms with E-state index >= 15 is 0 Å². The van der Waals surface area contributed by atoms with E-state index in [2.05, 4.69) is 13.8 Å². The van der Waals surface area contributed by atoms with E-state index in [0.717, 1.165) is 11.8 Å². The van der Waals surface area contributed by atoms with Gasteiger partial charge >= 0.3 is 0 Å². The molecule has 0 aromatic heterocycles. The molecule has 2 fully saturated rings. The lowest BCUT2D eigenvalue weighted by Crippen LogP contribution is -2.27. The average molecular weight is 154 g/mol. The molecule has 0 spiro atoms. The van der Waals surface area contributed by atoms with Gasteiger partial charge in [-0.25, -0.2) is 0 Å². The van der Waals surface area contributed by atoms with E-state index in [9.17, 15) is 0 Å². The molecule has 0 aromatic rings. The Hall–Kier alpha value is -0.0400. The summed E-state index contributed by atoms with van der Waals surface area (Å²) in [4.78, 5) is 0. The molecule has 2 aliphatic heterocycles. The fourth-order valence-electron chi connectivity index (χ4n) is 2.44. The van der Waals surface area contributed by atoms with E-state index in [0.29, 0.717) is 12.2 Å². The number of rotatable bonds is 1. The number of hydrogen-bond donors (Lipinski definition) is 0. The Morgan fingerprint density at radius 2 is 1.64 bits per heavy atom. The van der Waals surface area contributed by atoms with Crippen LogP contribution in [0.25, 0.3) is 0 Å². The van der Waals surface area contributed by atoms with E-state index in [4.69, 9.17) is 4.74 Å². The SMILES string of the molecule is CC(C)C1C[C@H]2CC[C@@H](C1)O2. The fraction of sp³-hybridized carbons (Fsp3) is 1.00. The molecule has 2 heterocycles. The molecule has 2 rings (SSSR count). The maximum atomic E-state index is 5.78. The van der Waals surface area contributed by atoms with Crippen LogP contribution in [0.4, 0.5) is 0 Å². The van der Waals surface area contributed by atoms with Crippen molar-refractivity contribution in [1.82, 2.24) is 0 Å². The Morgan fingerprint density at radius 3 is 2.09 bits per heavy atom. The van der Waals surface area contributed by atoms with Gasteiger partial charge in [-0.2, -0.15) is 0 Å². The van der Waals surface area contributed by atoms with Crippen molar-refractivity contribution in [2.45, 2.75) is 51.7 Å². The first-order valence-corrected chi connectivity index (χ1v) is 4.91. The molecular weight excluding hydrogens is 136 g/mol. The second kappa shape index (κ2) is 2.78. The first-order valence-electron chi connectivity index (χ1n) is 4.91. The fourth-order valence-corrected chi connectivity index (χ4v) is 2.44. The predicted molar refractivity (Wildman–Crippen MR) is 45.5 cm³/mol. The molecule has 0 saturated carbocycles. The third-order valence-corrected chi connectivity index (χ3v) is 3.27. The van der Waals surface area contributed by atoms with E-state index in [1.807, 2.05) is 0 Å². The van der Waals surface area contributed by atoms with Crippen LogP contribution in [0.15, 0.2) is 0 Å². The maximum Gasteiger partial charge on any atom is 0.0582 e. The minimum absolute atomic E-state index is 0.626. The van der Waals surface area contributed by atoms with Crippen molar-refractivity contribution >= 4 is 0 Å². The molecule has 0 amide bonds. The normalized spacial score (nSPS) is 43.4. The summed E-state index contributed by atoms with van der Waals surface area (Å²) in [5, 5.41) is 0. The molecule has 1 nitrogen and oxygen atoms in total. The summed E-state index contributed by atoms with van der Waals surface area (Å²) < 4.78 is 5.78. The van der Waals surface area contributed by atoms with Gasteiger partial charge in [0.2, 0.25) is 0 Å². The lowest BCUT2D eigenvalue weighted by molar-refractivity contribution is -0.0290. The summed E-state index contributed by atoms with van der Waals surface area (Å²) in [5.74, 6) is 1.81. The largest absolute Gasteiger partial charge is 0.375 e. The van der Waals surface area contributed by atoms with Gasteiger partial charge in [-0.1, -0.05) is 13.8 Å². The zero-order valence-electron chi connectivity index (χ0n) is 7.55. The lowest BCUT2D eigenvalue weighted by Gasteiger charge is -2.30. The van der Waals surface area contributed by atoms with Gasteiger partial charge in [0, 0.05) is 0 Å². The van der Waals surface area contributed by atoms with Crippen molar-refractivity contribution < 1.29 is 4.74 Å². The summed E-state index contributed by atoms with van der Waals surface area (Å²) in [6.45, 7) is 4.69. The molecular formula is C10H18O. The van der Waals surface area contributed by atoms with Crippen LogP contribution in [0.5, 0.6) is 0 Å². The molecule has 1 heteroatoms. The van der Waals surface area contributed by atoms with Crippen molar-refractivity contribution in [1.29, 1.82) is 0 Å². The smallest absolute Gasteiger partial charge is 0.0582 e. The Kier molecular flexibility index (Phi) is 1.92. The van der Waals surface area contributed by atoms with Crippen LogP contribution in [0.2, 0.25) is 0 Å². The molecule has 2 aliphatic rings. The number of hydrogen-bond acceptors (Lipinski definition) is 1. The van der Waals surface area contributed by atoms with Crippen LogP contribution in [-0.2, 0) is 4.74 Å². The van der Waals surface area contributed by atoms with Gasteiger partial charge in [-0.15, -0.1) is 0 Å². The Labute approximate surface area is 69.1 Å². The predicted octanol–water partition coefficient (Wildman–Crippen LogP) is 2.60. The Balaban J connectivity index is 1.97. The quantitative estimate of drug-likeness (QED) is 0.564. The zero-order chi connectivity index (χ0) is 7.84. The highest BCUT2D eigenvalue weighted by Gasteiger charge is 2.35. The summed E-state index contributed by atoms with van der Waals surface area (Å²) in [6.07, 6.45) is 6.56. The highest BCUT2D eigenvalue weighted by atomic mass is 16.5. The molecule has 11 heavy (non-hydrogen) atoms. The van der Waals surface area contributed by atoms with Gasteiger partial charge in [0.15, 0.2) is 0 Å². The van der Waals surface area contributed by atoms with E-state index in [1.165, 1.54) is 25.7 Å². The van der Waals surface area contributed by atoms with Gasteiger partial charge in [-0.3, -0.25) is 0 Å².